The van der Waals surface area contributed by atoms with E-state index in [1.807, 2.05) is 42.5 Å². The average molecular weight is 309 g/mol. The fourth-order valence-corrected chi connectivity index (χ4v) is 2.64. The number of carbonyl (C=O) groups is 1. The van der Waals surface area contributed by atoms with E-state index in [2.05, 4.69) is 11.1 Å². The Balaban J connectivity index is 1.95. The van der Waals surface area contributed by atoms with E-state index in [0.717, 1.165) is 22.4 Å². The van der Waals surface area contributed by atoms with Crippen LogP contribution in [0, 0.1) is 0 Å². The number of carbonyl (C=O) groups excluding carboxylic acids is 1. The molecular formula is C18H19N3O2. The van der Waals surface area contributed by atoms with Crippen LogP contribution in [0.15, 0.2) is 53.5 Å². The van der Waals surface area contributed by atoms with Crippen LogP contribution in [0.1, 0.15) is 18.0 Å². The Hall–Kier alpha value is -2.82. The monoisotopic (exact) mass is 309 g/mol. The Morgan fingerprint density at radius 1 is 1.17 bits per heavy atom. The molecule has 0 aromatic heterocycles. The maximum atomic E-state index is 12.0. The van der Waals surface area contributed by atoms with Gasteiger partial charge >= 0.3 is 0 Å². The fraction of sp³-hybridized carbons (Fsp3) is 0.222. The van der Waals surface area contributed by atoms with E-state index in [1.165, 1.54) is 4.90 Å². The van der Waals surface area contributed by atoms with E-state index in [0.29, 0.717) is 6.42 Å². The van der Waals surface area contributed by atoms with E-state index in [4.69, 9.17) is 10.5 Å². The van der Waals surface area contributed by atoms with Gasteiger partial charge in [0, 0.05) is 7.05 Å². The number of nitrogens with two attached hydrogens (primary N) is 1. The number of methoxy groups -OCH3 is 1. The Morgan fingerprint density at radius 2 is 1.87 bits per heavy atom. The van der Waals surface area contributed by atoms with Crippen molar-refractivity contribution in [3.8, 4) is 16.9 Å². The van der Waals surface area contributed by atoms with Gasteiger partial charge in [-0.15, -0.1) is 0 Å². The zero-order valence-electron chi connectivity index (χ0n) is 13.2. The summed E-state index contributed by atoms with van der Waals surface area (Å²) in [6, 6.07) is 15.7. The molecule has 1 unspecified atom stereocenters. The second-order valence-corrected chi connectivity index (χ2v) is 5.52. The lowest BCUT2D eigenvalue weighted by Crippen LogP contribution is -2.42. The zero-order valence-corrected chi connectivity index (χ0v) is 13.2. The first-order chi connectivity index (χ1) is 11.1. The van der Waals surface area contributed by atoms with Gasteiger partial charge < -0.3 is 10.5 Å². The van der Waals surface area contributed by atoms with Crippen LogP contribution >= 0.6 is 0 Å². The summed E-state index contributed by atoms with van der Waals surface area (Å²) < 4.78 is 5.27. The maximum absolute atomic E-state index is 12.0. The molecular weight excluding hydrogens is 290 g/mol. The van der Waals surface area contributed by atoms with Crippen molar-refractivity contribution in [3.05, 3.63) is 54.1 Å². The summed E-state index contributed by atoms with van der Waals surface area (Å²) in [6.45, 7) is 0. The van der Waals surface area contributed by atoms with Crippen molar-refractivity contribution >= 4 is 11.9 Å². The maximum Gasteiger partial charge on any atom is 0.231 e. The van der Waals surface area contributed by atoms with Crippen LogP contribution in [0.25, 0.3) is 11.1 Å². The third kappa shape index (κ3) is 3.04. The minimum absolute atomic E-state index is 0.0192. The highest BCUT2D eigenvalue weighted by Crippen LogP contribution is 2.30. The first kappa shape index (κ1) is 15.1. The second-order valence-electron chi connectivity index (χ2n) is 5.52. The van der Waals surface area contributed by atoms with E-state index in [9.17, 15) is 4.79 Å². The number of aliphatic imine (C=N–C) groups is 1. The number of hydrogen-bond donors (Lipinski definition) is 1. The van der Waals surface area contributed by atoms with Crippen molar-refractivity contribution in [1.29, 1.82) is 0 Å². The molecule has 1 amide bonds. The van der Waals surface area contributed by atoms with E-state index >= 15 is 0 Å². The van der Waals surface area contributed by atoms with Gasteiger partial charge in [-0.05, 0) is 34.9 Å². The number of hydrogen-bond acceptors (Lipinski definition) is 4. The quantitative estimate of drug-likeness (QED) is 0.947. The van der Waals surface area contributed by atoms with E-state index in [-0.39, 0.29) is 17.9 Å². The normalized spacial score (nSPS) is 17.8. The third-order valence-electron chi connectivity index (χ3n) is 4.05. The molecule has 0 fully saturated rings. The van der Waals surface area contributed by atoms with E-state index in [1.54, 1.807) is 14.2 Å². The first-order valence-electron chi connectivity index (χ1n) is 7.42. The molecule has 5 heteroatoms. The van der Waals surface area contributed by atoms with Gasteiger partial charge in [0.1, 0.15) is 5.75 Å². The average Bonchev–Trinajstić information content (AvgIpc) is 2.59. The van der Waals surface area contributed by atoms with Gasteiger partial charge in [0.25, 0.3) is 0 Å². The number of amides is 1. The van der Waals surface area contributed by atoms with Crippen LogP contribution in [0.2, 0.25) is 0 Å². The van der Waals surface area contributed by atoms with Crippen molar-refractivity contribution in [2.24, 2.45) is 10.7 Å². The standard InChI is InChI=1S/C18H19N3O2/c1-21-17(22)11-16(20-18(21)19)14-7-3-5-12(9-14)13-6-4-8-15(10-13)23-2/h3-10,16H,11H2,1-2H3,(H2,19,20). The van der Waals surface area contributed by atoms with Gasteiger partial charge in [-0.25, -0.2) is 4.99 Å². The minimum Gasteiger partial charge on any atom is -0.497 e. The summed E-state index contributed by atoms with van der Waals surface area (Å²) in [7, 11) is 3.29. The van der Waals surface area contributed by atoms with Crippen molar-refractivity contribution < 1.29 is 9.53 Å². The smallest absolute Gasteiger partial charge is 0.231 e. The molecule has 2 aromatic rings. The molecule has 118 valence electrons. The molecule has 1 aliphatic heterocycles. The summed E-state index contributed by atoms with van der Waals surface area (Å²) in [4.78, 5) is 17.8. The van der Waals surface area contributed by atoms with Gasteiger partial charge in [-0.2, -0.15) is 0 Å². The molecule has 5 nitrogen and oxygen atoms in total. The Kier molecular flexibility index (Phi) is 4.02. The SMILES string of the molecule is COc1cccc(-c2cccc(C3CC(=O)N(C)C(N)=N3)c2)c1. The largest absolute Gasteiger partial charge is 0.497 e. The topological polar surface area (TPSA) is 67.9 Å². The molecule has 0 saturated carbocycles. The number of benzene rings is 2. The van der Waals surface area contributed by atoms with Crippen molar-refractivity contribution in [3.63, 3.8) is 0 Å². The van der Waals surface area contributed by atoms with Crippen LogP contribution in [0.5, 0.6) is 5.75 Å². The van der Waals surface area contributed by atoms with E-state index < -0.39 is 0 Å². The highest BCUT2D eigenvalue weighted by atomic mass is 16.5. The Labute approximate surface area is 135 Å². The lowest BCUT2D eigenvalue weighted by atomic mass is 9.97. The molecule has 3 rings (SSSR count). The van der Waals surface area contributed by atoms with Gasteiger partial charge in [0.2, 0.25) is 5.91 Å². The lowest BCUT2D eigenvalue weighted by molar-refractivity contribution is -0.127. The Bertz CT molecular complexity index is 770. The highest BCUT2D eigenvalue weighted by Gasteiger charge is 2.25. The molecule has 0 bridgehead atoms. The van der Waals surface area contributed by atoms with Crippen molar-refractivity contribution in [1.82, 2.24) is 4.90 Å². The fourth-order valence-electron chi connectivity index (χ4n) is 2.64. The molecule has 1 atom stereocenters. The predicted molar refractivity (Wildman–Crippen MR) is 90.2 cm³/mol. The second kappa shape index (κ2) is 6.12. The highest BCUT2D eigenvalue weighted by molar-refractivity contribution is 5.98. The number of guanidine groups is 1. The molecule has 0 spiro atoms. The molecule has 1 heterocycles. The summed E-state index contributed by atoms with van der Waals surface area (Å²) in [5.74, 6) is 1.05. The predicted octanol–water partition coefficient (Wildman–Crippen LogP) is 2.58. The molecule has 0 aliphatic carbocycles. The van der Waals surface area contributed by atoms with Crippen LogP contribution in [-0.4, -0.2) is 30.9 Å². The van der Waals surface area contributed by atoms with Gasteiger partial charge in [0.05, 0.1) is 19.6 Å². The minimum atomic E-state index is -0.232. The van der Waals surface area contributed by atoms with Crippen LogP contribution < -0.4 is 10.5 Å². The molecule has 0 saturated heterocycles. The van der Waals surface area contributed by atoms with Gasteiger partial charge in [-0.3, -0.25) is 9.69 Å². The summed E-state index contributed by atoms with van der Waals surface area (Å²) in [5.41, 5.74) is 8.92. The molecule has 0 radical (unpaired) electrons. The number of nitrogens with zero attached hydrogens (tertiary/aromatic N) is 2. The van der Waals surface area contributed by atoms with Gasteiger partial charge in [0.15, 0.2) is 5.96 Å². The lowest BCUT2D eigenvalue weighted by Gasteiger charge is -2.25. The number of rotatable bonds is 3. The molecule has 23 heavy (non-hydrogen) atoms. The molecule has 2 N–H and O–H groups in total. The summed E-state index contributed by atoms with van der Waals surface area (Å²) >= 11 is 0. The molecule has 2 aromatic carbocycles. The van der Waals surface area contributed by atoms with Crippen molar-refractivity contribution in [2.75, 3.05) is 14.2 Å². The summed E-state index contributed by atoms with van der Waals surface area (Å²) in [5, 5.41) is 0. The third-order valence-corrected chi connectivity index (χ3v) is 4.05. The zero-order chi connectivity index (χ0) is 16.4. The van der Waals surface area contributed by atoms with Crippen LogP contribution in [-0.2, 0) is 4.79 Å². The first-order valence-corrected chi connectivity index (χ1v) is 7.42. The van der Waals surface area contributed by atoms with Gasteiger partial charge in [-0.1, -0.05) is 30.3 Å². The summed E-state index contributed by atoms with van der Waals surface area (Å²) in [6.07, 6.45) is 0.332. The Morgan fingerprint density at radius 3 is 2.57 bits per heavy atom. The number of ether oxygens (including phenoxy) is 1. The van der Waals surface area contributed by atoms with Crippen LogP contribution in [0.4, 0.5) is 0 Å². The van der Waals surface area contributed by atoms with Crippen molar-refractivity contribution in [2.45, 2.75) is 12.5 Å². The van der Waals surface area contributed by atoms with Crippen LogP contribution in [0.3, 0.4) is 0 Å². The molecule has 1 aliphatic rings.